The van der Waals surface area contributed by atoms with E-state index >= 15 is 0 Å². The topological polar surface area (TPSA) is 122 Å². The van der Waals surface area contributed by atoms with Gasteiger partial charge in [-0.15, -0.1) is 0 Å². The molecule has 0 saturated carbocycles. The van der Waals surface area contributed by atoms with Gasteiger partial charge in [-0.3, -0.25) is 9.97 Å². The largest absolute Gasteiger partial charge is 0.496 e. The van der Waals surface area contributed by atoms with Gasteiger partial charge in [-0.2, -0.15) is 26.3 Å². The van der Waals surface area contributed by atoms with Crippen molar-refractivity contribution in [3.63, 3.8) is 0 Å². The molecule has 4 N–H and O–H groups in total. The maximum absolute atomic E-state index is 12.9. The van der Waals surface area contributed by atoms with Crippen LogP contribution in [0.15, 0.2) is 60.9 Å². The molecule has 0 unspecified atom stereocenters. The summed E-state index contributed by atoms with van der Waals surface area (Å²) in [5.74, 6) is 0.708. The van der Waals surface area contributed by atoms with E-state index in [9.17, 15) is 26.3 Å². The number of alkyl halides is 6. The van der Waals surface area contributed by atoms with Crippen molar-refractivity contribution in [3.8, 4) is 11.3 Å². The first-order chi connectivity index (χ1) is 21.1. The van der Waals surface area contributed by atoms with Crippen molar-refractivity contribution in [2.24, 2.45) is 0 Å². The number of anilines is 2. The Labute approximate surface area is 275 Å². The number of hydrogen-bond donors (Lipinski definition) is 2. The Bertz CT molecular complexity index is 1640. The first kappa shape index (κ1) is 39.2. The summed E-state index contributed by atoms with van der Waals surface area (Å²) >= 11 is 5.45. The Kier molecular flexibility index (Phi) is 12.4. The molecule has 1 aliphatic rings. The molecule has 8 nitrogen and oxygen atoms in total. The van der Waals surface area contributed by atoms with E-state index in [4.69, 9.17) is 32.4 Å². The van der Waals surface area contributed by atoms with E-state index in [2.05, 4.69) is 19.9 Å². The lowest BCUT2D eigenvalue weighted by Crippen LogP contribution is -2.41. The average molecular weight is 685 g/mol. The zero-order chi connectivity index (χ0) is 34.7. The van der Waals surface area contributed by atoms with Crippen molar-refractivity contribution in [1.29, 1.82) is 0 Å². The SMILES string of the molecule is C.Cc1ncc(-c2cccc(N)n2)cc1C(F)(F)F.Cc1ncc(B2OC(C)(C)C(C)(C)O2)cc1C(F)(F)F.Nc1cccc(Cl)n1. The third-order valence-corrected chi connectivity index (χ3v) is 7.34. The number of aryl methyl sites for hydroxylation is 2. The second-order valence-corrected chi connectivity index (χ2v) is 11.6. The van der Waals surface area contributed by atoms with Crippen LogP contribution in [0.1, 0.15) is 57.6 Å². The Morgan fingerprint density at radius 3 is 1.64 bits per heavy atom. The van der Waals surface area contributed by atoms with Gasteiger partial charge in [-0.05, 0) is 77.9 Å². The van der Waals surface area contributed by atoms with Gasteiger partial charge in [0.15, 0.2) is 0 Å². The number of hydrogen-bond acceptors (Lipinski definition) is 8. The molecule has 4 aromatic heterocycles. The monoisotopic (exact) mass is 684 g/mol. The number of halogens is 7. The molecule has 1 saturated heterocycles. The summed E-state index contributed by atoms with van der Waals surface area (Å²) in [7, 11) is -0.839. The maximum atomic E-state index is 12.9. The van der Waals surface area contributed by atoms with Gasteiger partial charge in [-0.1, -0.05) is 31.2 Å². The number of nitrogen functional groups attached to an aromatic ring is 2. The molecule has 1 fully saturated rings. The summed E-state index contributed by atoms with van der Waals surface area (Å²) < 4.78 is 88.4. The summed E-state index contributed by atoms with van der Waals surface area (Å²) in [5.41, 5.74) is 8.87. The standard InChI is InChI=1S/C13H17BF3NO2.C12H10F3N3.C5H5ClN2.CH4/c1-8-10(13(15,16)17)6-9(7-18-8)14-19-11(2,3)12(4,5)20-14;1-7-9(12(13,14)15)5-8(6-17-7)10-3-2-4-11(16)18-10;6-4-2-1-3-5(7)8-4;/h6-7H,1-5H3;2-6H,1H3,(H2,16,18);1-3H,(H2,7,8);1H4. The number of pyridine rings is 4. The summed E-state index contributed by atoms with van der Waals surface area (Å²) in [6.07, 6.45) is -6.14. The lowest BCUT2D eigenvalue weighted by molar-refractivity contribution is -0.139. The fraction of sp³-hybridized carbons (Fsp3) is 0.355. The van der Waals surface area contributed by atoms with Crippen molar-refractivity contribution in [2.45, 2.75) is 72.5 Å². The van der Waals surface area contributed by atoms with Crippen LogP contribution in [0.25, 0.3) is 11.3 Å². The van der Waals surface area contributed by atoms with Gasteiger partial charge in [0.2, 0.25) is 0 Å². The Morgan fingerprint density at radius 2 is 1.19 bits per heavy atom. The van der Waals surface area contributed by atoms with E-state index < -0.39 is 41.8 Å². The van der Waals surface area contributed by atoms with Crippen molar-refractivity contribution < 1.29 is 35.7 Å². The van der Waals surface area contributed by atoms with Crippen LogP contribution < -0.4 is 16.9 Å². The molecule has 5 heterocycles. The van der Waals surface area contributed by atoms with Gasteiger partial charge in [0.05, 0.1) is 28.0 Å². The number of nitrogens with zero attached hydrogens (tertiary/aromatic N) is 4. The maximum Gasteiger partial charge on any atom is 0.496 e. The fourth-order valence-corrected chi connectivity index (χ4v) is 4.11. The summed E-state index contributed by atoms with van der Waals surface area (Å²) in [5, 5.41) is 0.435. The van der Waals surface area contributed by atoms with Crippen LogP contribution in [0, 0.1) is 13.8 Å². The molecule has 16 heteroatoms. The summed E-state index contributed by atoms with van der Waals surface area (Å²) in [4.78, 5) is 15.2. The van der Waals surface area contributed by atoms with Crippen LogP contribution in [0.3, 0.4) is 0 Å². The molecule has 0 radical (unpaired) electrons. The van der Waals surface area contributed by atoms with Crippen LogP contribution in [-0.4, -0.2) is 38.3 Å². The number of rotatable bonds is 2. The van der Waals surface area contributed by atoms with Gasteiger partial charge >= 0.3 is 19.5 Å². The molecular weight excluding hydrogens is 649 g/mol. The lowest BCUT2D eigenvalue weighted by Gasteiger charge is -2.32. The molecule has 1 aliphatic heterocycles. The molecule has 5 rings (SSSR count). The van der Waals surface area contributed by atoms with E-state index in [1.165, 1.54) is 26.2 Å². The minimum atomic E-state index is -4.43. The average Bonchev–Trinajstić information content (AvgIpc) is 3.15. The molecule has 4 aromatic rings. The third kappa shape index (κ3) is 10.3. The van der Waals surface area contributed by atoms with Crippen LogP contribution >= 0.6 is 11.6 Å². The first-order valence-electron chi connectivity index (χ1n) is 13.6. The molecule has 0 amide bonds. The van der Waals surface area contributed by atoms with Crippen LogP contribution in [0.4, 0.5) is 38.0 Å². The van der Waals surface area contributed by atoms with E-state index in [1.807, 2.05) is 27.7 Å². The Hall–Kier alpha value is -3.95. The van der Waals surface area contributed by atoms with Gasteiger partial charge in [0, 0.05) is 34.8 Å². The summed E-state index contributed by atoms with van der Waals surface area (Å²) in [6.45, 7) is 10.0. The van der Waals surface area contributed by atoms with Crippen LogP contribution in [-0.2, 0) is 21.7 Å². The Balaban J connectivity index is 0.000000262. The molecule has 0 aliphatic carbocycles. The van der Waals surface area contributed by atoms with Crippen molar-refractivity contribution in [1.82, 2.24) is 19.9 Å². The molecule has 0 bridgehead atoms. The molecule has 0 aromatic carbocycles. The fourth-order valence-electron chi connectivity index (χ4n) is 3.94. The molecule has 0 atom stereocenters. The van der Waals surface area contributed by atoms with Gasteiger partial charge < -0.3 is 20.8 Å². The summed E-state index contributed by atoms with van der Waals surface area (Å²) in [6, 6.07) is 12.0. The zero-order valence-corrected chi connectivity index (χ0v) is 26.5. The highest BCUT2D eigenvalue weighted by Gasteiger charge is 2.52. The highest BCUT2D eigenvalue weighted by Crippen LogP contribution is 2.37. The van der Waals surface area contributed by atoms with Gasteiger partial charge in [0.25, 0.3) is 0 Å². The molecule has 254 valence electrons. The minimum absolute atomic E-state index is 0. The van der Waals surface area contributed by atoms with E-state index in [1.54, 1.807) is 36.4 Å². The highest BCUT2D eigenvalue weighted by atomic mass is 35.5. The zero-order valence-electron chi connectivity index (χ0n) is 25.8. The minimum Gasteiger partial charge on any atom is -0.399 e. The van der Waals surface area contributed by atoms with Crippen molar-refractivity contribution in [2.75, 3.05) is 11.5 Å². The quantitative estimate of drug-likeness (QED) is 0.125. The first-order valence-corrected chi connectivity index (χ1v) is 14.0. The van der Waals surface area contributed by atoms with Crippen LogP contribution in [0.2, 0.25) is 5.15 Å². The molecular formula is C31H36BClF6N6O2. The number of nitrogens with two attached hydrogens (primary N) is 2. The lowest BCUT2D eigenvalue weighted by atomic mass is 9.79. The van der Waals surface area contributed by atoms with E-state index in [0.717, 1.165) is 12.1 Å². The second-order valence-electron chi connectivity index (χ2n) is 11.2. The van der Waals surface area contributed by atoms with E-state index in [0.29, 0.717) is 22.2 Å². The molecule has 47 heavy (non-hydrogen) atoms. The van der Waals surface area contributed by atoms with Crippen LogP contribution in [0.5, 0.6) is 0 Å². The third-order valence-electron chi connectivity index (χ3n) is 7.13. The smallest absolute Gasteiger partial charge is 0.399 e. The van der Waals surface area contributed by atoms with E-state index in [-0.39, 0.29) is 30.1 Å². The highest BCUT2D eigenvalue weighted by molar-refractivity contribution is 6.62. The predicted molar refractivity (Wildman–Crippen MR) is 172 cm³/mol. The van der Waals surface area contributed by atoms with Gasteiger partial charge in [0.1, 0.15) is 16.8 Å². The normalized spacial score (nSPS) is 15.0. The second kappa shape index (κ2) is 14.9. The van der Waals surface area contributed by atoms with Crippen molar-refractivity contribution in [3.05, 3.63) is 88.6 Å². The Morgan fingerprint density at radius 1 is 0.723 bits per heavy atom. The van der Waals surface area contributed by atoms with Gasteiger partial charge in [-0.25, -0.2) is 9.97 Å². The predicted octanol–water partition coefficient (Wildman–Crippen LogP) is 7.71. The molecule has 0 spiro atoms. The van der Waals surface area contributed by atoms with Crippen molar-refractivity contribution >= 4 is 35.8 Å². The number of aromatic nitrogens is 4.